The Bertz CT molecular complexity index is 594. The van der Waals surface area contributed by atoms with Gasteiger partial charge in [0.15, 0.2) is 5.03 Å². The number of aliphatic hydroxyl groups is 1. The highest BCUT2D eigenvalue weighted by Gasteiger charge is 2.20. The average Bonchev–Trinajstić information content (AvgIpc) is 2.78. The summed E-state index contributed by atoms with van der Waals surface area (Å²) in [7, 11) is -3.78. The number of anilines is 1. The van der Waals surface area contributed by atoms with Gasteiger partial charge in [-0.05, 0) is 12.1 Å². The lowest BCUT2D eigenvalue weighted by atomic mass is 10.4. The number of aliphatic hydroxyl groups excluding tert-OH is 1. The normalized spacial score (nSPS) is 11.4. The van der Waals surface area contributed by atoms with Gasteiger partial charge in [-0.1, -0.05) is 0 Å². The van der Waals surface area contributed by atoms with Crippen molar-refractivity contribution in [2.24, 2.45) is 0 Å². The minimum Gasteiger partial charge on any atom is -0.392 e. The maximum Gasteiger partial charge on any atom is 0.279 e. The van der Waals surface area contributed by atoms with E-state index in [-0.39, 0.29) is 10.6 Å². The summed E-state index contributed by atoms with van der Waals surface area (Å²) >= 11 is 0. The number of nitrogens with one attached hydrogen (secondary N) is 2. The molecular formula is C9H10N4O3S. The van der Waals surface area contributed by atoms with Gasteiger partial charge in [-0.15, -0.1) is 0 Å². The number of sulfonamides is 1. The molecule has 0 fully saturated rings. The first-order chi connectivity index (χ1) is 8.13. The highest BCUT2D eigenvalue weighted by Crippen LogP contribution is 2.16. The lowest BCUT2D eigenvalue weighted by Gasteiger charge is -2.06. The van der Waals surface area contributed by atoms with E-state index in [0.717, 1.165) is 0 Å². The Kier molecular flexibility index (Phi) is 3.07. The van der Waals surface area contributed by atoms with Gasteiger partial charge in [-0.3, -0.25) is 14.8 Å². The molecule has 2 aromatic rings. The number of nitrogens with zero attached hydrogens (tertiary/aromatic N) is 2. The van der Waals surface area contributed by atoms with Gasteiger partial charge in [0, 0.05) is 11.8 Å². The fourth-order valence-electron chi connectivity index (χ4n) is 1.27. The number of hydrogen-bond donors (Lipinski definition) is 3. The minimum absolute atomic E-state index is 0.149. The van der Waals surface area contributed by atoms with Crippen molar-refractivity contribution in [3.8, 4) is 0 Å². The van der Waals surface area contributed by atoms with E-state index in [1.165, 1.54) is 18.6 Å². The molecule has 0 atom stereocenters. The molecule has 0 spiro atoms. The summed E-state index contributed by atoms with van der Waals surface area (Å²) < 4.78 is 26.2. The van der Waals surface area contributed by atoms with Crippen LogP contribution in [0.1, 0.15) is 5.56 Å². The van der Waals surface area contributed by atoms with Gasteiger partial charge in [-0.25, -0.2) is 0 Å². The molecule has 17 heavy (non-hydrogen) atoms. The van der Waals surface area contributed by atoms with Crippen LogP contribution in [0.3, 0.4) is 0 Å². The van der Waals surface area contributed by atoms with Gasteiger partial charge in [0.1, 0.15) is 0 Å². The van der Waals surface area contributed by atoms with Crippen molar-refractivity contribution in [3.05, 3.63) is 36.3 Å². The number of hydrogen-bond acceptors (Lipinski definition) is 5. The molecule has 0 amide bonds. The number of pyridine rings is 1. The van der Waals surface area contributed by atoms with Crippen LogP contribution in [0.2, 0.25) is 0 Å². The third-order valence-electron chi connectivity index (χ3n) is 2.03. The molecule has 2 heterocycles. The highest BCUT2D eigenvalue weighted by molar-refractivity contribution is 7.92. The zero-order chi connectivity index (χ0) is 12.3. The summed E-state index contributed by atoms with van der Waals surface area (Å²) in [5.41, 5.74) is 0.549. The molecule has 0 saturated heterocycles. The van der Waals surface area contributed by atoms with Gasteiger partial charge in [-0.2, -0.15) is 13.5 Å². The third kappa shape index (κ3) is 2.43. The van der Waals surface area contributed by atoms with Crippen molar-refractivity contribution in [3.63, 3.8) is 0 Å². The molecule has 0 saturated carbocycles. The fourth-order valence-corrected chi connectivity index (χ4v) is 2.44. The van der Waals surface area contributed by atoms with Crippen molar-refractivity contribution >= 4 is 15.7 Å². The number of H-pyrrole nitrogens is 1. The molecule has 0 aliphatic heterocycles. The molecular weight excluding hydrogens is 244 g/mol. The molecule has 2 rings (SSSR count). The first-order valence-electron chi connectivity index (χ1n) is 4.69. The lowest BCUT2D eigenvalue weighted by molar-refractivity contribution is 0.278. The quantitative estimate of drug-likeness (QED) is 0.717. The van der Waals surface area contributed by atoms with Crippen LogP contribution >= 0.6 is 0 Å². The summed E-state index contributed by atoms with van der Waals surface area (Å²) in [5, 5.41) is 14.7. The van der Waals surface area contributed by atoms with Crippen molar-refractivity contribution in [2.45, 2.75) is 11.6 Å². The van der Waals surface area contributed by atoms with Crippen LogP contribution in [-0.2, 0) is 16.6 Å². The van der Waals surface area contributed by atoms with E-state index >= 15 is 0 Å². The van der Waals surface area contributed by atoms with Crippen LogP contribution in [-0.4, -0.2) is 28.7 Å². The van der Waals surface area contributed by atoms with Gasteiger partial charge in [0.25, 0.3) is 10.0 Å². The zero-order valence-corrected chi connectivity index (χ0v) is 9.48. The summed E-state index contributed by atoms with van der Waals surface area (Å²) in [5.74, 6) is 0. The van der Waals surface area contributed by atoms with Gasteiger partial charge in [0.05, 0.1) is 24.7 Å². The molecule has 0 unspecified atom stereocenters. The Morgan fingerprint density at radius 2 is 2.24 bits per heavy atom. The molecule has 0 aliphatic rings. The Morgan fingerprint density at radius 1 is 1.41 bits per heavy atom. The third-order valence-corrected chi connectivity index (χ3v) is 3.43. The molecule has 0 radical (unpaired) electrons. The lowest BCUT2D eigenvalue weighted by Crippen LogP contribution is -2.15. The monoisotopic (exact) mass is 254 g/mol. The largest absolute Gasteiger partial charge is 0.392 e. The predicted molar refractivity (Wildman–Crippen MR) is 59.6 cm³/mol. The molecule has 7 nitrogen and oxygen atoms in total. The van der Waals surface area contributed by atoms with E-state index < -0.39 is 16.6 Å². The van der Waals surface area contributed by atoms with E-state index in [9.17, 15) is 8.42 Å². The Hall–Kier alpha value is -1.93. The first-order valence-corrected chi connectivity index (χ1v) is 6.18. The van der Waals surface area contributed by atoms with Crippen LogP contribution in [0.15, 0.2) is 35.7 Å². The molecule has 0 aromatic carbocycles. The SMILES string of the molecule is O=S(=O)(Nc1cccnc1)c1[nH]ncc1CO. The molecule has 8 heteroatoms. The van der Waals surface area contributed by atoms with Crippen LogP contribution in [0, 0.1) is 0 Å². The standard InChI is InChI=1S/C9H10N4O3S/c14-6-7-4-11-12-9(7)17(15,16)13-8-2-1-3-10-5-8/h1-5,13-14H,6H2,(H,11,12). The van der Waals surface area contributed by atoms with Crippen LogP contribution < -0.4 is 4.72 Å². The molecule has 0 aliphatic carbocycles. The minimum atomic E-state index is -3.78. The average molecular weight is 254 g/mol. The summed E-state index contributed by atoms with van der Waals surface area (Å²) in [6, 6.07) is 3.18. The Morgan fingerprint density at radius 3 is 2.88 bits per heavy atom. The van der Waals surface area contributed by atoms with E-state index in [1.807, 2.05) is 0 Å². The fraction of sp³-hybridized carbons (Fsp3) is 0.111. The second kappa shape index (κ2) is 4.52. The Labute approximate surface area is 97.6 Å². The topological polar surface area (TPSA) is 108 Å². The van der Waals surface area contributed by atoms with Gasteiger partial charge < -0.3 is 5.11 Å². The summed E-state index contributed by atoms with van der Waals surface area (Å²) in [6.07, 6.45) is 4.18. The predicted octanol–water partition coefficient (Wildman–Crippen LogP) is 0.0978. The maximum atomic E-state index is 11.9. The summed E-state index contributed by atoms with van der Waals surface area (Å²) in [4.78, 5) is 3.79. The maximum absolute atomic E-state index is 11.9. The number of aromatic nitrogens is 3. The first kappa shape index (κ1) is 11.6. The van der Waals surface area contributed by atoms with E-state index in [1.54, 1.807) is 12.1 Å². The molecule has 3 N–H and O–H groups in total. The highest BCUT2D eigenvalue weighted by atomic mass is 32.2. The van der Waals surface area contributed by atoms with E-state index in [2.05, 4.69) is 19.9 Å². The summed E-state index contributed by atoms with van der Waals surface area (Å²) in [6.45, 7) is -0.403. The van der Waals surface area contributed by atoms with Crippen LogP contribution in [0.4, 0.5) is 5.69 Å². The molecule has 0 bridgehead atoms. The van der Waals surface area contributed by atoms with Crippen molar-refractivity contribution in [1.29, 1.82) is 0 Å². The Balaban J connectivity index is 2.32. The van der Waals surface area contributed by atoms with Gasteiger partial charge >= 0.3 is 0 Å². The van der Waals surface area contributed by atoms with E-state index in [0.29, 0.717) is 5.69 Å². The van der Waals surface area contributed by atoms with Crippen LogP contribution in [0.25, 0.3) is 0 Å². The smallest absolute Gasteiger partial charge is 0.279 e. The van der Waals surface area contributed by atoms with Crippen molar-refractivity contribution in [2.75, 3.05) is 4.72 Å². The van der Waals surface area contributed by atoms with E-state index in [4.69, 9.17) is 5.11 Å². The second-order valence-corrected chi connectivity index (χ2v) is 4.85. The van der Waals surface area contributed by atoms with Crippen molar-refractivity contribution in [1.82, 2.24) is 15.2 Å². The van der Waals surface area contributed by atoms with Crippen LogP contribution in [0.5, 0.6) is 0 Å². The van der Waals surface area contributed by atoms with Crippen molar-refractivity contribution < 1.29 is 13.5 Å². The van der Waals surface area contributed by atoms with Gasteiger partial charge in [0.2, 0.25) is 0 Å². The molecule has 2 aromatic heterocycles. The molecule has 90 valence electrons. The second-order valence-electron chi connectivity index (χ2n) is 3.23. The number of rotatable bonds is 4. The number of aromatic amines is 1. The zero-order valence-electron chi connectivity index (χ0n) is 8.66.